The molecule has 1 aromatic carbocycles. The van der Waals surface area contributed by atoms with Crippen LogP contribution < -0.4 is 0 Å². The zero-order chi connectivity index (χ0) is 11.7. The lowest BCUT2D eigenvalue weighted by Crippen LogP contribution is -1.83. The summed E-state index contributed by atoms with van der Waals surface area (Å²) in [5.74, 6) is -1.41. The van der Waals surface area contributed by atoms with Gasteiger partial charge in [0.2, 0.25) is 0 Å². The lowest BCUT2D eigenvalue weighted by atomic mass is 10.0. The molecule has 0 aliphatic rings. The van der Waals surface area contributed by atoms with Crippen molar-refractivity contribution in [1.82, 2.24) is 0 Å². The zero-order valence-electron chi connectivity index (χ0n) is 11.0. The number of rotatable bonds is 1. The minimum atomic E-state index is -2.51. The van der Waals surface area contributed by atoms with Crippen molar-refractivity contribution in [1.29, 1.82) is 0 Å². The van der Waals surface area contributed by atoms with Gasteiger partial charge in [-0.05, 0) is 11.5 Å². The van der Waals surface area contributed by atoms with Crippen LogP contribution in [0.25, 0.3) is 0 Å². The molecule has 0 heteroatoms. The van der Waals surface area contributed by atoms with Crippen molar-refractivity contribution >= 4 is 0 Å². The highest BCUT2D eigenvalue weighted by molar-refractivity contribution is 5.17. The summed E-state index contributed by atoms with van der Waals surface area (Å²) in [6.07, 6.45) is 0. The predicted octanol–water partition coefficient (Wildman–Crippen LogP) is 2.81. The second kappa shape index (κ2) is 2.67. The molecule has 0 radical (unpaired) electrons. The van der Waals surface area contributed by atoms with Gasteiger partial charge in [-0.2, -0.15) is 0 Å². The van der Waals surface area contributed by atoms with Crippen molar-refractivity contribution in [2.45, 2.75) is 19.6 Å². The van der Waals surface area contributed by atoms with Crippen LogP contribution in [0.1, 0.15) is 33.4 Å². The summed E-state index contributed by atoms with van der Waals surface area (Å²) >= 11 is 0. The maximum absolute atomic E-state index is 7.26. The predicted molar refractivity (Wildman–Crippen MR) is 40.5 cm³/mol. The molecule has 0 aromatic heterocycles. The monoisotopic (exact) mass is 126 g/mol. The summed E-state index contributed by atoms with van der Waals surface area (Å²) in [6, 6.07) is 8.06. The van der Waals surface area contributed by atoms with Crippen LogP contribution in [0.5, 0.6) is 0 Å². The van der Waals surface area contributed by atoms with E-state index in [1.807, 2.05) is 0 Å². The number of hydrogen-bond acceptors (Lipinski definition) is 0. The minimum absolute atomic E-state index is 0.331. The van der Waals surface area contributed by atoms with Crippen LogP contribution in [0.4, 0.5) is 0 Å². The molecule has 9 heavy (non-hydrogen) atoms. The molecule has 48 valence electrons. The van der Waals surface area contributed by atoms with Crippen LogP contribution in [0, 0.1) is 0 Å². The topological polar surface area (TPSA) is 0 Å². The van der Waals surface area contributed by atoms with E-state index >= 15 is 0 Å². The van der Waals surface area contributed by atoms with Gasteiger partial charge in [0.25, 0.3) is 0 Å². The van der Waals surface area contributed by atoms with Gasteiger partial charge in [0, 0.05) is 8.22 Å². The Bertz CT molecular complexity index is 296. The molecule has 0 aliphatic heterocycles. The Balaban J connectivity index is 3.15. The van der Waals surface area contributed by atoms with Crippen molar-refractivity contribution in [2.75, 3.05) is 0 Å². The Labute approximate surface area is 65.0 Å². The molecular formula is C9H12. The van der Waals surface area contributed by atoms with E-state index in [1.165, 1.54) is 12.1 Å². The highest BCUT2D eigenvalue weighted by atomic mass is 14.0. The van der Waals surface area contributed by atoms with Crippen LogP contribution in [-0.2, 0) is 0 Å². The van der Waals surface area contributed by atoms with Crippen molar-refractivity contribution in [3.05, 3.63) is 35.9 Å². The van der Waals surface area contributed by atoms with E-state index in [0.717, 1.165) is 0 Å². The fourth-order valence-corrected chi connectivity index (χ4v) is 0.645. The summed E-state index contributed by atoms with van der Waals surface area (Å²) in [7, 11) is 0. The lowest BCUT2D eigenvalue weighted by Gasteiger charge is -2.01. The van der Waals surface area contributed by atoms with Gasteiger partial charge in [0.15, 0.2) is 0 Å². The van der Waals surface area contributed by atoms with Crippen LogP contribution in [0.3, 0.4) is 0 Å². The maximum Gasteiger partial charge on any atom is 0.0236 e. The van der Waals surface area contributed by atoms with Gasteiger partial charge >= 0.3 is 0 Å². The Morgan fingerprint density at radius 3 is 2.44 bits per heavy atom. The first-order chi connectivity index (χ1) is 6.73. The molecule has 0 bridgehead atoms. The van der Waals surface area contributed by atoms with Gasteiger partial charge < -0.3 is 0 Å². The van der Waals surface area contributed by atoms with Crippen molar-refractivity contribution in [2.24, 2.45) is 0 Å². The molecule has 0 saturated carbocycles. The Hall–Kier alpha value is -0.780. The fourth-order valence-electron chi connectivity index (χ4n) is 0.645. The van der Waals surface area contributed by atoms with Gasteiger partial charge in [0.05, 0.1) is 0 Å². The first-order valence-electron chi connectivity index (χ1n) is 5.78. The highest BCUT2D eigenvalue weighted by Gasteiger charge is 1.93. The highest BCUT2D eigenvalue weighted by Crippen LogP contribution is 2.11. The molecule has 0 spiro atoms. The quantitative estimate of drug-likeness (QED) is 0.542. The smallest absolute Gasteiger partial charge is 0.0236 e. The molecule has 0 nitrogen and oxygen atoms in total. The Kier molecular flexibility index (Phi) is 0.630. The van der Waals surface area contributed by atoms with Crippen molar-refractivity contribution in [3.8, 4) is 0 Å². The molecule has 0 saturated heterocycles. The second-order valence-corrected chi connectivity index (χ2v) is 1.84. The minimum Gasteiger partial charge on any atom is -0.0622 e. The van der Waals surface area contributed by atoms with E-state index in [9.17, 15) is 0 Å². The first-order valence-corrected chi connectivity index (χ1v) is 2.78. The average molecular weight is 126 g/mol. The molecule has 1 rings (SSSR count). The molecule has 0 amide bonds. The Morgan fingerprint density at radius 1 is 1.22 bits per heavy atom. The molecule has 0 aliphatic carbocycles. The summed E-state index contributed by atoms with van der Waals surface area (Å²) < 4.78 is 43.5. The maximum atomic E-state index is 7.26. The third-order valence-corrected chi connectivity index (χ3v) is 1.13. The molecule has 0 unspecified atom stereocenters. The molecule has 0 fully saturated rings. The largest absolute Gasteiger partial charge is 0.0622 e. The van der Waals surface area contributed by atoms with E-state index in [1.54, 1.807) is 18.2 Å². The van der Waals surface area contributed by atoms with Gasteiger partial charge in [-0.15, -0.1) is 0 Å². The van der Waals surface area contributed by atoms with Crippen LogP contribution in [0.15, 0.2) is 30.3 Å². The molecule has 0 heterocycles. The van der Waals surface area contributed by atoms with Gasteiger partial charge in [0.1, 0.15) is 0 Å². The third kappa shape index (κ3) is 1.56. The second-order valence-electron chi connectivity index (χ2n) is 1.84. The first kappa shape index (κ1) is 2.12. The lowest BCUT2D eigenvalue weighted by molar-refractivity contribution is 0.867. The average Bonchev–Trinajstić information content (AvgIpc) is 2.00. The summed E-state index contributed by atoms with van der Waals surface area (Å²) in [5, 5.41) is 0. The SMILES string of the molecule is [2H]C([2H])([2H])C(c1ccccc1)C([2H])([2H])[2H]. The molecule has 1 aromatic rings. The third-order valence-electron chi connectivity index (χ3n) is 1.13. The van der Waals surface area contributed by atoms with Crippen LogP contribution >= 0.6 is 0 Å². The van der Waals surface area contributed by atoms with Crippen LogP contribution in [0.2, 0.25) is 0 Å². The van der Waals surface area contributed by atoms with Crippen molar-refractivity contribution < 1.29 is 8.22 Å². The fraction of sp³-hybridized carbons (Fsp3) is 0.333. The Morgan fingerprint density at radius 2 is 1.89 bits per heavy atom. The van der Waals surface area contributed by atoms with E-state index in [2.05, 4.69) is 0 Å². The number of hydrogen-bond donors (Lipinski definition) is 0. The van der Waals surface area contributed by atoms with Gasteiger partial charge in [-0.1, -0.05) is 44.0 Å². The van der Waals surface area contributed by atoms with Crippen molar-refractivity contribution in [3.63, 3.8) is 0 Å². The van der Waals surface area contributed by atoms with E-state index in [-0.39, 0.29) is 0 Å². The van der Waals surface area contributed by atoms with Gasteiger partial charge in [-0.25, -0.2) is 0 Å². The van der Waals surface area contributed by atoms with Gasteiger partial charge in [-0.3, -0.25) is 0 Å². The summed E-state index contributed by atoms with van der Waals surface area (Å²) in [5.41, 5.74) is 0.331. The molecular weight excluding hydrogens is 108 g/mol. The molecule has 0 N–H and O–H groups in total. The molecule has 0 atom stereocenters. The number of benzene rings is 1. The zero-order valence-corrected chi connectivity index (χ0v) is 4.96. The summed E-state index contributed by atoms with van der Waals surface area (Å²) in [4.78, 5) is 0. The van der Waals surface area contributed by atoms with E-state index in [0.29, 0.717) is 5.56 Å². The van der Waals surface area contributed by atoms with Crippen LogP contribution in [-0.4, -0.2) is 0 Å². The standard InChI is InChI=1S/C9H12/c1-8(2)9-6-4-3-5-7-9/h3-8H,1-2H3/i1D3,2D3. The summed E-state index contributed by atoms with van der Waals surface area (Å²) in [6.45, 7) is -5.01. The normalized spacial score (nSPS) is 22.8. The van der Waals surface area contributed by atoms with E-state index < -0.39 is 19.6 Å². The van der Waals surface area contributed by atoms with E-state index in [4.69, 9.17) is 8.22 Å².